The van der Waals surface area contributed by atoms with Crippen molar-refractivity contribution in [1.29, 1.82) is 0 Å². The lowest BCUT2D eigenvalue weighted by atomic mass is 9.85. The summed E-state index contributed by atoms with van der Waals surface area (Å²) in [6.07, 6.45) is 7.33. The molecule has 1 aromatic carbocycles. The van der Waals surface area contributed by atoms with Crippen LogP contribution < -0.4 is 5.73 Å². The molecule has 0 bridgehead atoms. The van der Waals surface area contributed by atoms with Crippen LogP contribution in [0.1, 0.15) is 49.7 Å². The van der Waals surface area contributed by atoms with Crippen LogP contribution in [0.25, 0.3) is 0 Å². The van der Waals surface area contributed by atoms with Gasteiger partial charge in [-0.15, -0.1) is 0 Å². The first-order valence-electron chi connectivity index (χ1n) is 7.85. The highest BCUT2D eigenvalue weighted by molar-refractivity contribution is 5.82. The fraction of sp³-hybridized carbons (Fsp3) is 0.588. The number of fused-ring (bicyclic) bond motifs is 1. The number of nitrogens with zero attached hydrogens (tertiary/aromatic N) is 1. The second kappa shape index (κ2) is 5.96. The van der Waals surface area contributed by atoms with Gasteiger partial charge < -0.3 is 10.6 Å². The number of amides is 1. The minimum atomic E-state index is -0.313. The maximum Gasteiger partial charge on any atom is 0.240 e. The Hall–Kier alpha value is -1.35. The van der Waals surface area contributed by atoms with Crippen molar-refractivity contribution in [2.24, 2.45) is 11.7 Å². The molecule has 1 fully saturated rings. The van der Waals surface area contributed by atoms with E-state index in [0.717, 1.165) is 19.5 Å². The van der Waals surface area contributed by atoms with Crippen molar-refractivity contribution in [3.63, 3.8) is 0 Å². The number of nitrogens with two attached hydrogens (primary N) is 1. The van der Waals surface area contributed by atoms with Crippen molar-refractivity contribution in [3.05, 3.63) is 35.4 Å². The van der Waals surface area contributed by atoms with Crippen molar-refractivity contribution in [1.82, 2.24) is 4.90 Å². The Morgan fingerprint density at radius 1 is 1.15 bits per heavy atom. The van der Waals surface area contributed by atoms with Gasteiger partial charge in [0.2, 0.25) is 5.91 Å². The fourth-order valence-corrected chi connectivity index (χ4v) is 3.61. The topological polar surface area (TPSA) is 46.3 Å². The molecule has 2 N–H and O–H groups in total. The van der Waals surface area contributed by atoms with E-state index in [1.54, 1.807) is 0 Å². The zero-order valence-corrected chi connectivity index (χ0v) is 12.1. The monoisotopic (exact) mass is 272 g/mol. The standard InChI is InChI=1S/C17H24N2O/c18-16(10-13-6-2-1-3-7-13)17(20)19-11-14-8-4-5-9-15(14)12-19/h4-5,8-9,13,16H,1-3,6-7,10-12,18H2. The van der Waals surface area contributed by atoms with Gasteiger partial charge in [0.05, 0.1) is 6.04 Å². The third-order valence-corrected chi connectivity index (χ3v) is 4.78. The lowest BCUT2D eigenvalue weighted by molar-refractivity contribution is -0.133. The molecule has 1 atom stereocenters. The van der Waals surface area contributed by atoms with Crippen molar-refractivity contribution in [2.45, 2.75) is 57.7 Å². The quantitative estimate of drug-likeness (QED) is 0.919. The molecule has 1 aliphatic carbocycles. The maximum absolute atomic E-state index is 12.5. The van der Waals surface area contributed by atoms with Crippen LogP contribution in [0.4, 0.5) is 0 Å². The van der Waals surface area contributed by atoms with Gasteiger partial charge in [0, 0.05) is 13.1 Å². The van der Waals surface area contributed by atoms with Crippen molar-refractivity contribution in [2.75, 3.05) is 0 Å². The van der Waals surface area contributed by atoms with E-state index in [0.29, 0.717) is 5.92 Å². The van der Waals surface area contributed by atoms with Crippen molar-refractivity contribution < 1.29 is 4.79 Å². The van der Waals surface area contributed by atoms with Crippen LogP contribution in [-0.2, 0) is 17.9 Å². The van der Waals surface area contributed by atoms with Crippen LogP contribution in [0.3, 0.4) is 0 Å². The number of benzene rings is 1. The first kappa shape index (κ1) is 13.6. The van der Waals surface area contributed by atoms with E-state index in [-0.39, 0.29) is 11.9 Å². The second-order valence-corrected chi connectivity index (χ2v) is 6.31. The highest BCUT2D eigenvalue weighted by atomic mass is 16.2. The molecule has 3 heteroatoms. The Morgan fingerprint density at radius 3 is 2.35 bits per heavy atom. The molecule has 108 valence electrons. The summed E-state index contributed by atoms with van der Waals surface area (Å²) in [5, 5.41) is 0. The SMILES string of the molecule is NC(CC1CCCCC1)C(=O)N1Cc2ccccc2C1. The van der Waals surface area contributed by atoms with Gasteiger partial charge in [-0.05, 0) is 23.5 Å². The summed E-state index contributed by atoms with van der Waals surface area (Å²) in [4.78, 5) is 14.4. The van der Waals surface area contributed by atoms with Crippen molar-refractivity contribution in [3.8, 4) is 0 Å². The van der Waals surface area contributed by atoms with Gasteiger partial charge in [0.15, 0.2) is 0 Å². The Labute approximate surface area is 121 Å². The molecule has 0 radical (unpaired) electrons. The molecule has 0 saturated heterocycles. The van der Waals surface area contributed by atoms with Crippen molar-refractivity contribution >= 4 is 5.91 Å². The van der Waals surface area contributed by atoms with Gasteiger partial charge >= 0.3 is 0 Å². The van der Waals surface area contributed by atoms with E-state index in [2.05, 4.69) is 12.1 Å². The molecule has 1 aromatic rings. The Bertz CT molecular complexity index is 455. The van der Waals surface area contributed by atoms with E-state index in [4.69, 9.17) is 5.73 Å². The van der Waals surface area contributed by atoms with Gasteiger partial charge in [-0.2, -0.15) is 0 Å². The molecule has 1 aliphatic heterocycles. The lowest BCUT2D eigenvalue weighted by Crippen LogP contribution is -2.42. The molecule has 3 nitrogen and oxygen atoms in total. The van der Waals surface area contributed by atoms with E-state index in [9.17, 15) is 4.79 Å². The molecule has 20 heavy (non-hydrogen) atoms. The largest absolute Gasteiger partial charge is 0.333 e. The minimum absolute atomic E-state index is 0.131. The van der Waals surface area contributed by atoms with Crippen LogP contribution in [0, 0.1) is 5.92 Å². The molecular weight excluding hydrogens is 248 g/mol. The molecule has 0 spiro atoms. The Balaban J connectivity index is 1.57. The number of carbonyl (C=O) groups excluding carboxylic acids is 1. The molecule has 1 saturated carbocycles. The molecule has 2 aliphatic rings. The van der Waals surface area contributed by atoms with Crippen LogP contribution in [0.2, 0.25) is 0 Å². The smallest absolute Gasteiger partial charge is 0.240 e. The number of rotatable bonds is 3. The van der Waals surface area contributed by atoms with E-state index in [1.165, 1.54) is 43.2 Å². The Morgan fingerprint density at radius 2 is 1.75 bits per heavy atom. The predicted octanol–water partition coefficient (Wildman–Crippen LogP) is 2.83. The molecular formula is C17H24N2O. The highest BCUT2D eigenvalue weighted by Gasteiger charge is 2.28. The summed E-state index contributed by atoms with van der Waals surface area (Å²) in [6.45, 7) is 1.46. The normalized spacial score (nSPS) is 20.8. The third kappa shape index (κ3) is 2.88. The summed E-state index contributed by atoms with van der Waals surface area (Å²) in [6, 6.07) is 7.97. The summed E-state index contributed by atoms with van der Waals surface area (Å²) in [5.74, 6) is 0.791. The van der Waals surface area contributed by atoms with E-state index < -0.39 is 0 Å². The van der Waals surface area contributed by atoms with Gasteiger partial charge in [-0.3, -0.25) is 4.79 Å². The Kier molecular flexibility index (Phi) is 4.06. The first-order valence-corrected chi connectivity index (χ1v) is 7.85. The van der Waals surface area contributed by atoms with Gasteiger partial charge in [0.1, 0.15) is 0 Å². The zero-order valence-electron chi connectivity index (χ0n) is 12.1. The minimum Gasteiger partial charge on any atom is -0.333 e. The maximum atomic E-state index is 12.5. The number of carbonyl (C=O) groups is 1. The molecule has 1 amide bonds. The molecule has 0 aromatic heterocycles. The average Bonchev–Trinajstić information content (AvgIpc) is 2.91. The molecule has 1 unspecified atom stereocenters. The first-order chi connectivity index (χ1) is 9.74. The van der Waals surface area contributed by atoms with Gasteiger partial charge in [0.25, 0.3) is 0 Å². The number of hydrogen-bond acceptors (Lipinski definition) is 2. The van der Waals surface area contributed by atoms with Crippen LogP contribution in [0.15, 0.2) is 24.3 Å². The lowest BCUT2D eigenvalue weighted by Gasteiger charge is -2.26. The molecule has 1 heterocycles. The molecule has 3 rings (SSSR count). The van der Waals surface area contributed by atoms with E-state index in [1.807, 2.05) is 17.0 Å². The number of hydrogen-bond donors (Lipinski definition) is 1. The van der Waals surface area contributed by atoms with Crippen LogP contribution in [-0.4, -0.2) is 16.8 Å². The van der Waals surface area contributed by atoms with Crippen LogP contribution >= 0.6 is 0 Å². The van der Waals surface area contributed by atoms with Crippen LogP contribution in [0.5, 0.6) is 0 Å². The summed E-state index contributed by atoms with van der Waals surface area (Å²) >= 11 is 0. The van der Waals surface area contributed by atoms with Gasteiger partial charge in [-0.25, -0.2) is 0 Å². The fourth-order valence-electron chi connectivity index (χ4n) is 3.61. The van der Waals surface area contributed by atoms with E-state index >= 15 is 0 Å². The third-order valence-electron chi connectivity index (χ3n) is 4.78. The predicted molar refractivity (Wildman–Crippen MR) is 79.9 cm³/mol. The average molecular weight is 272 g/mol. The zero-order chi connectivity index (χ0) is 13.9. The second-order valence-electron chi connectivity index (χ2n) is 6.31. The summed E-state index contributed by atoms with van der Waals surface area (Å²) in [5.41, 5.74) is 8.71. The summed E-state index contributed by atoms with van der Waals surface area (Å²) < 4.78 is 0. The highest BCUT2D eigenvalue weighted by Crippen LogP contribution is 2.28. The summed E-state index contributed by atoms with van der Waals surface area (Å²) in [7, 11) is 0. The van der Waals surface area contributed by atoms with Gasteiger partial charge in [-0.1, -0.05) is 56.4 Å².